The van der Waals surface area contributed by atoms with Gasteiger partial charge in [0.15, 0.2) is 0 Å². The fourth-order valence-corrected chi connectivity index (χ4v) is 1.93. The number of carbonyl (C=O) groups excluding carboxylic acids is 2. The van der Waals surface area contributed by atoms with Crippen molar-refractivity contribution in [2.45, 2.75) is 31.7 Å². The highest BCUT2D eigenvalue weighted by molar-refractivity contribution is 5.89. The van der Waals surface area contributed by atoms with Gasteiger partial charge in [-0.3, -0.25) is 4.79 Å². The molecule has 2 aliphatic rings. The monoisotopic (exact) mass is 169 g/mol. The van der Waals surface area contributed by atoms with E-state index in [0.29, 0.717) is 0 Å². The zero-order chi connectivity index (χ0) is 8.55. The Bertz CT molecular complexity index is 226. The molecule has 2 atom stereocenters. The maximum absolute atomic E-state index is 11.2. The van der Waals surface area contributed by atoms with Crippen LogP contribution < -0.4 is 5.32 Å². The Hall–Kier alpha value is -1.06. The topological polar surface area (TPSA) is 55.4 Å². The van der Waals surface area contributed by atoms with E-state index in [1.54, 1.807) is 0 Å². The molecule has 1 N–H and O–H groups in total. The lowest BCUT2D eigenvalue weighted by Gasteiger charge is -2.33. The third kappa shape index (κ3) is 1.17. The summed E-state index contributed by atoms with van der Waals surface area (Å²) in [4.78, 5) is 21.9. The Balaban J connectivity index is 2.11. The van der Waals surface area contributed by atoms with E-state index < -0.39 is 6.09 Å². The van der Waals surface area contributed by atoms with Gasteiger partial charge in [0.2, 0.25) is 0 Å². The number of alkyl carbamates (subject to hydrolysis) is 1. The highest BCUT2D eigenvalue weighted by Crippen LogP contribution is 2.27. The van der Waals surface area contributed by atoms with Gasteiger partial charge in [-0.05, 0) is 12.8 Å². The van der Waals surface area contributed by atoms with Crippen molar-refractivity contribution >= 4 is 12.1 Å². The summed E-state index contributed by atoms with van der Waals surface area (Å²) in [5, 5.41) is 2.67. The van der Waals surface area contributed by atoms with Crippen molar-refractivity contribution in [3.8, 4) is 0 Å². The van der Waals surface area contributed by atoms with Crippen LogP contribution in [0.4, 0.5) is 4.79 Å². The molecule has 66 valence electrons. The van der Waals surface area contributed by atoms with Crippen molar-refractivity contribution in [1.29, 1.82) is 0 Å². The van der Waals surface area contributed by atoms with Gasteiger partial charge in [-0.2, -0.15) is 0 Å². The van der Waals surface area contributed by atoms with Crippen molar-refractivity contribution in [3.63, 3.8) is 0 Å². The number of esters is 1. The number of cyclic esters (lactones) is 2. The number of nitrogens with one attached hydrogen (secondary N) is 1. The smallest absolute Gasteiger partial charge is 0.376 e. The van der Waals surface area contributed by atoms with E-state index in [1.807, 2.05) is 0 Å². The zero-order valence-electron chi connectivity index (χ0n) is 6.71. The SMILES string of the molecule is O=C1N[C@@H]2CCCC[C@H]2C(=O)O1. The Labute approximate surface area is 70.3 Å². The van der Waals surface area contributed by atoms with Crippen LogP contribution in [-0.4, -0.2) is 18.1 Å². The van der Waals surface area contributed by atoms with Gasteiger partial charge in [0.1, 0.15) is 0 Å². The molecule has 0 radical (unpaired) electrons. The third-order valence-electron chi connectivity index (χ3n) is 2.57. The summed E-state index contributed by atoms with van der Waals surface area (Å²) >= 11 is 0. The second-order valence-electron chi connectivity index (χ2n) is 3.35. The molecule has 4 nitrogen and oxygen atoms in total. The quantitative estimate of drug-likeness (QED) is 0.431. The first-order valence-electron chi connectivity index (χ1n) is 4.29. The predicted molar refractivity (Wildman–Crippen MR) is 40.4 cm³/mol. The molecule has 1 heterocycles. The summed E-state index contributed by atoms with van der Waals surface area (Å²) in [6, 6.07) is 0.0347. The van der Waals surface area contributed by atoms with E-state index in [2.05, 4.69) is 10.1 Å². The Morgan fingerprint density at radius 2 is 2.00 bits per heavy atom. The number of carbonyl (C=O) groups is 2. The number of hydrogen-bond donors (Lipinski definition) is 1. The summed E-state index contributed by atoms with van der Waals surface area (Å²) in [6.07, 6.45) is 3.33. The van der Waals surface area contributed by atoms with Gasteiger partial charge in [-0.25, -0.2) is 4.79 Å². The van der Waals surface area contributed by atoms with E-state index in [9.17, 15) is 9.59 Å². The Morgan fingerprint density at radius 1 is 1.25 bits per heavy atom. The van der Waals surface area contributed by atoms with Crippen LogP contribution in [0.15, 0.2) is 0 Å². The van der Waals surface area contributed by atoms with Crippen molar-refractivity contribution in [2.24, 2.45) is 5.92 Å². The molecule has 0 aromatic carbocycles. The van der Waals surface area contributed by atoms with Crippen molar-refractivity contribution in [1.82, 2.24) is 5.32 Å². The number of hydrogen-bond acceptors (Lipinski definition) is 3. The van der Waals surface area contributed by atoms with Gasteiger partial charge in [-0.1, -0.05) is 12.8 Å². The van der Waals surface area contributed by atoms with Crippen LogP contribution in [0.2, 0.25) is 0 Å². The van der Waals surface area contributed by atoms with Crippen LogP contribution in [0.3, 0.4) is 0 Å². The molecule has 4 heteroatoms. The van der Waals surface area contributed by atoms with Crippen LogP contribution in [-0.2, 0) is 9.53 Å². The van der Waals surface area contributed by atoms with Crippen LogP contribution in [0, 0.1) is 5.92 Å². The molecule has 0 bridgehead atoms. The lowest BCUT2D eigenvalue weighted by Crippen LogP contribution is -2.51. The summed E-state index contributed by atoms with van der Waals surface area (Å²) in [7, 11) is 0. The summed E-state index contributed by atoms with van der Waals surface area (Å²) in [5.74, 6) is -0.431. The van der Waals surface area contributed by atoms with E-state index >= 15 is 0 Å². The first-order valence-corrected chi connectivity index (χ1v) is 4.29. The molecular formula is C8H11NO3. The summed E-state index contributed by atoms with van der Waals surface area (Å²) < 4.78 is 4.47. The highest BCUT2D eigenvalue weighted by Gasteiger charge is 2.38. The maximum Gasteiger partial charge on any atom is 0.415 e. The number of rotatable bonds is 0. The van der Waals surface area contributed by atoms with E-state index in [1.165, 1.54) is 0 Å². The summed E-state index contributed by atoms with van der Waals surface area (Å²) in [5.41, 5.74) is 0. The lowest BCUT2D eigenvalue weighted by atomic mass is 9.84. The molecule has 12 heavy (non-hydrogen) atoms. The standard InChI is InChI=1S/C8H11NO3/c10-7-5-3-1-2-4-6(5)9-8(11)12-7/h5-6H,1-4H2,(H,9,11)/t5-,6-/m1/s1. The van der Waals surface area contributed by atoms with Gasteiger partial charge in [0.05, 0.1) is 5.92 Å². The Morgan fingerprint density at radius 3 is 2.83 bits per heavy atom. The minimum Gasteiger partial charge on any atom is -0.376 e. The lowest BCUT2D eigenvalue weighted by molar-refractivity contribution is -0.147. The number of ether oxygens (including phenoxy) is 1. The molecule has 0 aromatic heterocycles. The van der Waals surface area contributed by atoms with Crippen LogP contribution in [0.25, 0.3) is 0 Å². The average molecular weight is 169 g/mol. The van der Waals surface area contributed by atoms with Crippen LogP contribution >= 0.6 is 0 Å². The van der Waals surface area contributed by atoms with Gasteiger partial charge < -0.3 is 10.1 Å². The Kier molecular flexibility index (Phi) is 1.75. The predicted octanol–water partition coefficient (Wildman–Crippen LogP) is 0.812. The minimum absolute atomic E-state index is 0.0347. The van der Waals surface area contributed by atoms with Gasteiger partial charge in [0.25, 0.3) is 0 Å². The second-order valence-corrected chi connectivity index (χ2v) is 3.35. The highest BCUT2D eigenvalue weighted by atomic mass is 16.6. The molecule has 2 rings (SSSR count). The van der Waals surface area contributed by atoms with E-state index in [-0.39, 0.29) is 17.9 Å². The number of fused-ring (bicyclic) bond motifs is 1. The second kappa shape index (κ2) is 2.77. The van der Waals surface area contributed by atoms with Crippen molar-refractivity contribution in [3.05, 3.63) is 0 Å². The van der Waals surface area contributed by atoms with E-state index in [4.69, 9.17) is 0 Å². The molecule has 1 saturated carbocycles. The molecule has 0 spiro atoms. The van der Waals surface area contributed by atoms with Gasteiger partial charge in [-0.15, -0.1) is 0 Å². The molecule has 0 unspecified atom stereocenters. The molecule has 1 aliphatic heterocycles. The first kappa shape index (κ1) is 7.58. The van der Waals surface area contributed by atoms with Crippen molar-refractivity contribution in [2.75, 3.05) is 0 Å². The number of amides is 1. The molecular weight excluding hydrogens is 158 g/mol. The fraction of sp³-hybridized carbons (Fsp3) is 0.750. The van der Waals surface area contributed by atoms with Crippen molar-refractivity contribution < 1.29 is 14.3 Å². The average Bonchev–Trinajstić information content (AvgIpc) is 2.04. The fourth-order valence-electron chi connectivity index (χ4n) is 1.93. The molecule has 2 fully saturated rings. The minimum atomic E-state index is -0.580. The molecule has 0 aromatic rings. The normalized spacial score (nSPS) is 35.0. The molecule has 1 saturated heterocycles. The van der Waals surface area contributed by atoms with Crippen LogP contribution in [0.5, 0.6) is 0 Å². The van der Waals surface area contributed by atoms with Crippen LogP contribution in [0.1, 0.15) is 25.7 Å². The van der Waals surface area contributed by atoms with Gasteiger partial charge >= 0.3 is 12.1 Å². The molecule has 1 aliphatic carbocycles. The third-order valence-corrected chi connectivity index (χ3v) is 2.57. The summed E-state index contributed by atoms with van der Waals surface area (Å²) in [6.45, 7) is 0. The van der Waals surface area contributed by atoms with E-state index in [0.717, 1.165) is 25.7 Å². The first-order chi connectivity index (χ1) is 5.77. The zero-order valence-corrected chi connectivity index (χ0v) is 6.71. The largest absolute Gasteiger partial charge is 0.415 e. The maximum atomic E-state index is 11.2. The molecule has 1 amide bonds. The van der Waals surface area contributed by atoms with Gasteiger partial charge in [0, 0.05) is 6.04 Å².